The number of anilines is 1. The molecule has 2 N–H and O–H groups in total. The quantitative estimate of drug-likeness (QED) is 0.827. The minimum Gasteiger partial charge on any atom is -0.491 e. The maximum Gasteiger partial charge on any atom is 0.186 e. The molecule has 2 rings (SSSR count). The van der Waals surface area contributed by atoms with E-state index < -0.39 is 0 Å². The van der Waals surface area contributed by atoms with Gasteiger partial charge in [-0.1, -0.05) is 26.3 Å². The van der Waals surface area contributed by atoms with Gasteiger partial charge in [0.15, 0.2) is 11.6 Å². The Kier molecular flexibility index (Phi) is 4.77. The van der Waals surface area contributed by atoms with E-state index in [1.54, 1.807) is 0 Å². The summed E-state index contributed by atoms with van der Waals surface area (Å²) < 4.78 is 7.53. The predicted molar refractivity (Wildman–Crippen MR) is 83.0 cm³/mol. The first-order valence-corrected chi connectivity index (χ1v) is 7.39. The van der Waals surface area contributed by atoms with Crippen LogP contribution in [-0.4, -0.2) is 26.8 Å². The monoisotopic (exact) mass is 289 g/mol. The van der Waals surface area contributed by atoms with Crippen LogP contribution in [0.5, 0.6) is 5.75 Å². The van der Waals surface area contributed by atoms with E-state index >= 15 is 0 Å². The van der Waals surface area contributed by atoms with E-state index in [-0.39, 0.29) is 6.04 Å². The number of nitrogens with two attached hydrogens (primary N) is 1. The van der Waals surface area contributed by atoms with Crippen molar-refractivity contribution in [1.82, 2.24) is 20.2 Å². The maximum atomic E-state index is 6.02. The van der Waals surface area contributed by atoms with Crippen LogP contribution in [0.4, 0.5) is 5.69 Å². The molecule has 0 saturated heterocycles. The Balaban J connectivity index is 2.49. The van der Waals surface area contributed by atoms with E-state index in [4.69, 9.17) is 10.5 Å². The number of aromatic nitrogens is 4. The fourth-order valence-electron chi connectivity index (χ4n) is 2.26. The molecule has 1 aromatic heterocycles. The lowest BCUT2D eigenvalue weighted by atomic mass is 10.0. The van der Waals surface area contributed by atoms with Gasteiger partial charge in [-0.15, -0.1) is 5.10 Å². The standard InChI is InChI=1S/C15H23N5O/c1-5-10(3)11(4)20-15(17-18-19-20)12-8-7-9-13(16)14(12)21-6-2/h7-11H,5-6,16H2,1-4H3. The second-order valence-electron chi connectivity index (χ2n) is 5.23. The molecule has 0 spiro atoms. The third-order valence-electron chi connectivity index (χ3n) is 3.92. The number of nitrogen functional groups attached to an aromatic ring is 1. The highest BCUT2D eigenvalue weighted by Crippen LogP contribution is 2.35. The molecule has 0 radical (unpaired) electrons. The van der Waals surface area contributed by atoms with E-state index in [2.05, 4.69) is 36.3 Å². The summed E-state index contributed by atoms with van der Waals surface area (Å²) in [6.45, 7) is 8.96. The zero-order chi connectivity index (χ0) is 15.4. The van der Waals surface area contributed by atoms with Crippen LogP contribution in [0.15, 0.2) is 18.2 Å². The average molecular weight is 289 g/mol. The third kappa shape index (κ3) is 2.99. The maximum absolute atomic E-state index is 6.02. The van der Waals surface area contributed by atoms with Crippen molar-refractivity contribution in [3.63, 3.8) is 0 Å². The van der Waals surface area contributed by atoms with Crippen molar-refractivity contribution in [2.24, 2.45) is 5.92 Å². The van der Waals surface area contributed by atoms with Gasteiger partial charge < -0.3 is 10.5 Å². The molecule has 0 aliphatic heterocycles. The highest BCUT2D eigenvalue weighted by Gasteiger charge is 2.22. The van der Waals surface area contributed by atoms with Gasteiger partial charge in [-0.05, 0) is 42.3 Å². The Hall–Kier alpha value is -2.11. The minimum absolute atomic E-state index is 0.205. The predicted octanol–water partition coefficient (Wildman–Crippen LogP) is 2.93. The highest BCUT2D eigenvalue weighted by molar-refractivity contribution is 5.73. The van der Waals surface area contributed by atoms with Gasteiger partial charge in [0.2, 0.25) is 0 Å². The minimum atomic E-state index is 0.205. The van der Waals surface area contributed by atoms with Gasteiger partial charge in [-0.3, -0.25) is 0 Å². The van der Waals surface area contributed by atoms with Crippen LogP contribution in [0.3, 0.4) is 0 Å². The van der Waals surface area contributed by atoms with Crippen LogP contribution in [0, 0.1) is 5.92 Å². The lowest BCUT2D eigenvalue weighted by Crippen LogP contribution is -2.16. The smallest absolute Gasteiger partial charge is 0.186 e. The molecule has 114 valence electrons. The Morgan fingerprint density at radius 3 is 2.71 bits per heavy atom. The molecule has 0 aliphatic carbocycles. The van der Waals surface area contributed by atoms with Gasteiger partial charge in [0.1, 0.15) is 0 Å². The van der Waals surface area contributed by atoms with Gasteiger partial charge in [0.25, 0.3) is 0 Å². The molecular weight excluding hydrogens is 266 g/mol. The van der Waals surface area contributed by atoms with Crippen molar-refractivity contribution in [3.05, 3.63) is 18.2 Å². The number of para-hydroxylation sites is 1. The van der Waals surface area contributed by atoms with Crippen LogP contribution in [-0.2, 0) is 0 Å². The van der Waals surface area contributed by atoms with Crippen LogP contribution < -0.4 is 10.5 Å². The van der Waals surface area contributed by atoms with Crippen LogP contribution in [0.1, 0.15) is 40.2 Å². The summed E-state index contributed by atoms with van der Waals surface area (Å²) in [4.78, 5) is 0. The van der Waals surface area contributed by atoms with Crippen molar-refractivity contribution in [2.75, 3.05) is 12.3 Å². The summed E-state index contributed by atoms with van der Waals surface area (Å²) in [5, 5.41) is 12.2. The average Bonchev–Trinajstić information content (AvgIpc) is 2.97. The van der Waals surface area contributed by atoms with E-state index in [0.29, 0.717) is 29.8 Å². The van der Waals surface area contributed by atoms with E-state index in [1.807, 2.05) is 29.8 Å². The number of nitrogens with zero attached hydrogens (tertiary/aromatic N) is 4. The number of tetrazole rings is 1. The van der Waals surface area contributed by atoms with Gasteiger partial charge >= 0.3 is 0 Å². The first kappa shape index (κ1) is 15.3. The number of hydrogen-bond acceptors (Lipinski definition) is 5. The molecule has 0 bridgehead atoms. The summed E-state index contributed by atoms with van der Waals surface area (Å²) in [7, 11) is 0. The van der Waals surface area contributed by atoms with Crippen LogP contribution in [0.25, 0.3) is 11.4 Å². The lowest BCUT2D eigenvalue weighted by molar-refractivity contribution is 0.334. The molecular formula is C15H23N5O. The number of hydrogen-bond donors (Lipinski definition) is 1. The molecule has 1 heterocycles. The van der Waals surface area contributed by atoms with E-state index in [9.17, 15) is 0 Å². The summed E-state index contributed by atoms with van der Waals surface area (Å²) in [5.74, 6) is 1.81. The molecule has 0 aliphatic rings. The zero-order valence-electron chi connectivity index (χ0n) is 13.1. The van der Waals surface area contributed by atoms with Crippen molar-refractivity contribution < 1.29 is 4.74 Å². The second kappa shape index (κ2) is 6.56. The Labute approximate surface area is 125 Å². The Bertz CT molecular complexity index is 595. The second-order valence-corrected chi connectivity index (χ2v) is 5.23. The SMILES string of the molecule is CCOc1c(N)cccc1-c1nnnn1C(C)C(C)CC. The van der Waals surface area contributed by atoms with Crippen molar-refractivity contribution >= 4 is 5.69 Å². The Morgan fingerprint density at radius 1 is 1.29 bits per heavy atom. The number of benzene rings is 1. The molecule has 6 heteroatoms. The van der Waals surface area contributed by atoms with Gasteiger partial charge in [-0.25, -0.2) is 4.68 Å². The largest absolute Gasteiger partial charge is 0.491 e. The summed E-state index contributed by atoms with van der Waals surface area (Å²) in [6.07, 6.45) is 1.07. The first-order chi connectivity index (χ1) is 10.1. The third-order valence-corrected chi connectivity index (χ3v) is 3.92. The molecule has 21 heavy (non-hydrogen) atoms. The van der Waals surface area contributed by atoms with Crippen LogP contribution >= 0.6 is 0 Å². The molecule has 2 aromatic rings. The fourth-order valence-corrected chi connectivity index (χ4v) is 2.26. The summed E-state index contributed by atoms with van der Waals surface area (Å²) >= 11 is 0. The molecule has 6 nitrogen and oxygen atoms in total. The lowest BCUT2D eigenvalue weighted by Gasteiger charge is -2.20. The molecule has 2 unspecified atom stereocenters. The highest BCUT2D eigenvalue weighted by atomic mass is 16.5. The summed E-state index contributed by atoms with van der Waals surface area (Å²) in [6, 6.07) is 5.85. The molecule has 2 atom stereocenters. The molecule has 1 aromatic carbocycles. The van der Waals surface area contributed by atoms with Crippen molar-refractivity contribution in [1.29, 1.82) is 0 Å². The fraction of sp³-hybridized carbons (Fsp3) is 0.533. The van der Waals surface area contributed by atoms with Crippen LogP contribution in [0.2, 0.25) is 0 Å². The van der Waals surface area contributed by atoms with Crippen molar-refractivity contribution in [3.8, 4) is 17.1 Å². The molecule has 0 saturated carbocycles. The van der Waals surface area contributed by atoms with Crippen molar-refractivity contribution in [2.45, 2.75) is 40.2 Å². The normalized spacial score (nSPS) is 13.9. The van der Waals surface area contributed by atoms with Gasteiger partial charge in [-0.2, -0.15) is 0 Å². The van der Waals surface area contributed by atoms with E-state index in [1.165, 1.54) is 0 Å². The topological polar surface area (TPSA) is 78.8 Å². The molecule has 0 fully saturated rings. The molecule has 0 amide bonds. The Morgan fingerprint density at radius 2 is 2.05 bits per heavy atom. The number of ether oxygens (including phenoxy) is 1. The van der Waals surface area contributed by atoms with Gasteiger partial charge in [0, 0.05) is 0 Å². The van der Waals surface area contributed by atoms with E-state index in [0.717, 1.165) is 12.0 Å². The summed E-state index contributed by atoms with van der Waals surface area (Å²) in [5.41, 5.74) is 7.45. The van der Waals surface area contributed by atoms with Gasteiger partial charge in [0.05, 0.1) is 23.9 Å². The first-order valence-electron chi connectivity index (χ1n) is 7.39. The zero-order valence-corrected chi connectivity index (χ0v) is 13.1. The number of rotatable bonds is 6.